The monoisotopic (exact) mass is 183 g/mol. The summed E-state index contributed by atoms with van der Waals surface area (Å²) in [4.78, 5) is 1.97. The number of nitrogens with zero attached hydrogens (tertiary/aromatic N) is 3. The first-order valence-corrected chi connectivity index (χ1v) is 4.38. The molecule has 1 unspecified atom stereocenters. The van der Waals surface area contributed by atoms with E-state index in [2.05, 4.69) is 5.10 Å². The van der Waals surface area contributed by atoms with Crippen LogP contribution in [0.3, 0.4) is 0 Å². The molecule has 0 aromatic carbocycles. The van der Waals surface area contributed by atoms with Crippen LogP contribution in [-0.2, 0) is 13.5 Å². The predicted octanol–water partition coefficient (Wildman–Crippen LogP) is -0.115. The molecular formula is C9H17N3O. The third kappa shape index (κ3) is 3.57. The highest BCUT2D eigenvalue weighted by Gasteiger charge is 2.07. The number of aliphatic hydroxyl groups excluding tert-OH is 1. The first-order valence-electron chi connectivity index (χ1n) is 4.38. The quantitative estimate of drug-likeness (QED) is 0.708. The maximum atomic E-state index is 9.60. The Hall–Kier alpha value is -0.870. The lowest BCUT2D eigenvalue weighted by Crippen LogP contribution is -2.27. The summed E-state index contributed by atoms with van der Waals surface area (Å²) in [5.41, 5.74) is 1.08. The van der Waals surface area contributed by atoms with E-state index in [-0.39, 0.29) is 6.10 Å². The standard InChI is InChI=1S/C9H17N3O/c1-11(2)7-9(13)4-8-5-10-12(3)6-8/h5-6,9,13H,4,7H2,1-3H3. The molecule has 0 spiro atoms. The molecule has 0 radical (unpaired) electrons. The second kappa shape index (κ2) is 4.39. The van der Waals surface area contributed by atoms with Gasteiger partial charge in [0.2, 0.25) is 0 Å². The summed E-state index contributed by atoms with van der Waals surface area (Å²) in [5, 5.41) is 13.6. The topological polar surface area (TPSA) is 41.3 Å². The normalized spacial score (nSPS) is 13.6. The molecule has 1 rings (SSSR count). The fourth-order valence-corrected chi connectivity index (χ4v) is 1.34. The minimum absolute atomic E-state index is 0.306. The van der Waals surface area contributed by atoms with Gasteiger partial charge in [-0.1, -0.05) is 0 Å². The van der Waals surface area contributed by atoms with E-state index in [0.717, 1.165) is 5.56 Å². The molecule has 0 fully saturated rings. The predicted molar refractivity (Wildman–Crippen MR) is 51.5 cm³/mol. The number of hydrogen-bond donors (Lipinski definition) is 1. The Kier molecular flexibility index (Phi) is 3.45. The molecule has 1 heterocycles. The van der Waals surface area contributed by atoms with Gasteiger partial charge in [-0.3, -0.25) is 4.68 Å². The van der Waals surface area contributed by atoms with Crippen molar-refractivity contribution in [1.82, 2.24) is 14.7 Å². The maximum Gasteiger partial charge on any atom is 0.0708 e. The average molecular weight is 183 g/mol. The van der Waals surface area contributed by atoms with Crippen LogP contribution in [0.15, 0.2) is 12.4 Å². The van der Waals surface area contributed by atoms with Crippen LogP contribution in [0.1, 0.15) is 5.56 Å². The average Bonchev–Trinajstić information content (AvgIpc) is 2.33. The molecule has 0 bridgehead atoms. The first-order chi connectivity index (χ1) is 6.08. The highest BCUT2D eigenvalue weighted by Crippen LogP contribution is 2.01. The summed E-state index contributed by atoms with van der Waals surface area (Å²) >= 11 is 0. The van der Waals surface area contributed by atoms with Crippen molar-refractivity contribution in [2.45, 2.75) is 12.5 Å². The van der Waals surface area contributed by atoms with Gasteiger partial charge in [0, 0.05) is 26.2 Å². The highest BCUT2D eigenvalue weighted by atomic mass is 16.3. The second-order valence-electron chi connectivity index (χ2n) is 3.64. The molecule has 4 nitrogen and oxygen atoms in total. The van der Waals surface area contributed by atoms with E-state index in [0.29, 0.717) is 13.0 Å². The Balaban J connectivity index is 2.40. The summed E-state index contributed by atoms with van der Waals surface area (Å²) in [6.45, 7) is 0.689. The Labute approximate surface area is 78.8 Å². The van der Waals surface area contributed by atoms with E-state index in [1.165, 1.54) is 0 Å². The van der Waals surface area contributed by atoms with Gasteiger partial charge in [-0.25, -0.2) is 0 Å². The summed E-state index contributed by atoms with van der Waals surface area (Å²) in [6.07, 6.45) is 4.09. The van der Waals surface area contributed by atoms with Crippen molar-refractivity contribution in [3.63, 3.8) is 0 Å². The van der Waals surface area contributed by atoms with Crippen molar-refractivity contribution >= 4 is 0 Å². The summed E-state index contributed by atoms with van der Waals surface area (Å²) in [6, 6.07) is 0. The van der Waals surface area contributed by atoms with Crippen LogP contribution < -0.4 is 0 Å². The van der Waals surface area contributed by atoms with E-state index in [9.17, 15) is 5.11 Å². The zero-order valence-corrected chi connectivity index (χ0v) is 8.44. The second-order valence-corrected chi connectivity index (χ2v) is 3.64. The third-order valence-corrected chi connectivity index (χ3v) is 1.81. The molecule has 0 saturated carbocycles. The maximum absolute atomic E-state index is 9.60. The lowest BCUT2D eigenvalue weighted by molar-refractivity contribution is 0.137. The van der Waals surface area contributed by atoms with Crippen LogP contribution >= 0.6 is 0 Å². The largest absolute Gasteiger partial charge is 0.391 e. The summed E-state index contributed by atoms with van der Waals surface area (Å²) in [5.74, 6) is 0. The Morgan fingerprint density at radius 2 is 2.31 bits per heavy atom. The van der Waals surface area contributed by atoms with Crippen molar-refractivity contribution in [3.05, 3.63) is 18.0 Å². The van der Waals surface area contributed by atoms with Crippen LogP contribution in [0.25, 0.3) is 0 Å². The van der Waals surface area contributed by atoms with E-state index >= 15 is 0 Å². The lowest BCUT2D eigenvalue weighted by atomic mass is 10.1. The van der Waals surface area contributed by atoms with Crippen LogP contribution in [-0.4, -0.2) is 46.5 Å². The van der Waals surface area contributed by atoms with Gasteiger partial charge >= 0.3 is 0 Å². The number of aryl methyl sites for hydroxylation is 1. The van der Waals surface area contributed by atoms with Crippen LogP contribution in [0.2, 0.25) is 0 Å². The SMILES string of the molecule is CN(C)CC(O)Cc1cnn(C)c1. The van der Waals surface area contributed by atoms with Crippen molar-refractivity contribution in [3.8, 4) is 0 Å². The minimum Gasteiger partial charge on any atom is -0.391 e. The number of hydrogen-bond acceptors (Lipinski definition) is 3. The first kappa shape index (κ1) is 10.2. The smallest absolute Gasteiger partial charge is 0.0708 e. The van der Waals surface area contributed by atoms with Crippen LogP contribution in [0.4, 0.5) is 0 Å². The van der Waals surface area contributed by atoms with Crippen LogP contribution in [0, 0.1) is 0 Å². The zero-order valence-electron chi connectivity index (χ0n) is 8.44. The lowest BCUT2D eigenvalue weighted by Gasteiger charge is -2.14. The van der Waals surface area contributed by atoms with Gasteiger partial charge in [0.25, 0.3) is 0 Å². The highest BCUT2D eigenvalue weighted by molar-refractivity contribution is 5.05. The fourth-order valence-electron chi connectivity index (χ4n) is 1.34. The van der Waals surface area contributed by atoms with Gasteiger partial charge in [-0.15, -0.1) is 0 Å². The summed E-state index contributed by atoms with van der Waals surface area (Å²) < 4.78 is 1.75. The zero-order chi connectivity index (χ0) is 9.84. The van der Waals surface area contributed by atoms with Crippen molar-refractivity contribution in [2.75, 3.05) is 20.6 Å². The number of aliphatic hydroxyl groups is 1. The Morgan fingerprint density at radius 3 is 2.77 bits per heavy atom. The van der Waals surface area contributed by atoms with Crippen LogP contribution in [0.5, 0.6) is 0 Å². The van der Waals surface area contributed by atoms with Gasteiger partial charge in [-0.2, -0.15) is 5.10 Å². The minimum atomic E-state index is -0.306. The third-order valence-electron chi connectivity index (χ3n) is 1.81. The number of aromatic nitrogens is 2. The number of likely N-dealkylation sites (N-methyl/N-ethyl adjacent to an activating group) is 1. The molecule has 13 heavy (non-hydrogen) atoms. The van der Waals surface area contributed by atoms with Gasteiger partial charge in [0.1, 0.15) is 0 Å². The van der Waals surface area contributed by atoms with Crippen molar-refractivity contribution < 1.29 is 5.11 Å². The van der Waals surface area contributed by atoms with E-state index in [1.54, 1.807) is 10.9 Å². The molecule has 0 amide bonds. The number of rotatable bonds is 4. The Bertz CT molecular complexity index is 257. The molecule has 1 aromatic heterocycles. The molecule has 74 valence electrons. The molecular weight excluding hydrogens is 166 g/mol. The van der Waals surface area contributed by atoms with Crippen molar-refractivity contribution in [2.24, 2.45) is 7.05 Å². The molecule has 0 aliphatic heterocycles. The van der Waals surface area contributed by atoms with E-state index < -0.39 is 0 Å². The van der Waals surface area contributed by atoms with Gasteiger partial charge in [0.05, 0.1) is 12.3 Å². The van der Waals surface area contributed by atoms with Crippen molar-refractivity contribution in [1.29, 1.82) is 0 Å². The van der Waals surface area contributed by atoms with Gasteiger partial charge in [-0.05, 0) is 19.7 Å². The fraction of sp³-hybridized carbons (Fsp3) is 0.667. The molecule has 0 saturated heterocycles. The Morgan fingerprint density at radius 1 is 1.62 bits per heavy atom. The van der Waals surface area contributed by atoms with E-state index in [1.807, 2.05) is 32.2 Å². The molecule has 1 N–H and O–H groups in total. The van der Waals surface area contributed by atoms with Gasteiger partial charge < -0.3 is 10.0 Å². The molecule has 0 aliphatic carbocycles. The molecule has 1 aromatic rings. The van der Waals surface area contributed by atoms with E-state index in [4.69, 9.17) is 0 Å². The van der Waals surface area contributed by atoms with Gasteiger partial charge in [0.15, 0.2) is 0 Å². The molecule has 1 atom stereocenters. The molecule has 4 heteroatoms. The summed E-state index contributed by atoms with van der Waals surface area (Å²) in [7, 11) is 5.78. The molecule has 0 aliphatic rings.